The molecule has 0 saturated heterocycles. The normalized spacial score (nSPS) is 49.2. The van der Waals surface area contributed by atoms with Crippen LogP contribution in [-0.2, 0) is 4.79 Å². The molecule has 0 aliphatic heterocycles. The molecule has 1 nitrogen and oxygen atoms in total. The molecule has 0 heterocycles. The fraction of sp³-hybridized carbons (Fsp3) is 0.857. The number of aldehydes is 1. The Morgan fingerprint density at radius 3 is 2.25 bits per heavy atom. The van der Waals surface area contributed by atoms with Crippen molar-refractivity contribution in [2.75, 3.05) is 0 Å². The highest BCUT2D eigenvalue weighted by atomic mass is 16.1. The summed E-state index contributed by atoms with van der Waals surface area (Å²) in [6.07, 6.45) is 5.97. The van der Waals surface area contributed by atoms with E-state index in [0.717, 1.165) is 18.6 Å². The van der Waals surface area contributed by atoms with E-state index in [9.17, 15) is 4.79 Å². The number of hydrogen-bond acceptors (Lipinski definition) is 1. The monoisotopic (exact) mass is 110 g/mol. The zero-order chi connectivity index (χ0) is 5.61. The molecule has 0 spiro atoms. The minimum atomic E-state index is 0.548. The van der Waals surface area contributed by atoms with Gasteiger partial charge in [-0.2, -0.15) is 0 Å². The molecule has 3 fully saturated rings. The maximum absolute atomic E-state index is 10.0. The third-order valence-electron chi connectivity index (χ3n) is 2.68. The van der Waals surface area contributed by atoms with E-state index >= 15 is 0 Å². The van der Waals surface area contributed by atoms with Crippen LogP contribution in [0.4, 0.5) is 0 Å². The van der Waals surface area contributed by atoms with Gasteiger partial charge in [0.1, 0.15) is 6.29 Å². The molecule has 0 atom stereocenters. The molecule has 3 rings (SSSR count). The van der Waals surface area contributed by atoms with E-state index in [1.165, 1.54) is 19.3 Å². The van der Waals surface area contributed by atoms with Gasteiger partial charge in [0, 0.05) is 6.42 Å². The molecule has 0 N–H and O–H groups in total. The van der Waals surface area contributed by atoms with E-state index in [-0.39, 0.29) is 0 Å². The lowest BCUT2D eigenvalue weighted by atomic mass is 9.43. The van der Waals surface area contributed by atoms with Crippen molar-refractivity contribution in [1.82, 2.24) is 0 Å². The zero-order valence-corrected chi connectivity index (χ0v) is 4.89. The predicted octanol–water partition coefficient (Wildman–Crippen LogP) is 1.38. The van der Waals surface area contributed by atoms with Gasteiger partial charge in [-0.15, -0.1) is 0 Å². The fourth-order valence-electron chi connectivity index (χ4n) is 2.08. The van der Waals surface area contributed by atoms with Crippen LogP contribution < -0.4 is 0 Å². The molecule has 0 aromatic carbocycles. The summed E-state index contributed by atoms with van der Waals surface area (Å²) in [5.41, 5.74) is 0.548. The fourth-order valence-corrected chi connectivity index (χ4v) is 2.08. The molecular weight excluding hydrogens is 100 g/mol. The summed E-state index contributed by atoms with van der Waals surface area (Å²) < 4.78 is 0. The minimum absolute atomic E-state index is 0.548. The highest BCUT2D eigenvalue weighted by Gasteiger charge is 2.55. The van der Waals surface area contributed by atoms with Crippen LogP contribution in [-0.4, -0.2) is 6.29 Å². The van der Waals surface area contributed by atoms with E-state index in [1.54, 1.807) is 0 Å². The van der Waals surface area contributed by atoms with Crippen molar-refractivity contribution in [3.63, 3.8) is 0 Å². The van der Waals surface area contributed by atoms with Gasteiger partial charge in [0.05, 0.1) is 0 Å². The quantitative estimate of drug-likeness (QED) is 0.491. The Kier molecular flexibility index (Phi) is 0.651. The van der Waals surface area contributed by atoms with Gasteiger partial charge in [-0.1, -0.05) is 0 Å². The number of carbonyl (C=O) groups excluding carboxylic acids is 1. The van der Waals surface area contributed by atoms with Crippen LogP contribution in [0.15, 0.2) is 0 Å². The van der Waals surface area contributed by atoms with Gasteiger partial charge in [0.25, 0.3) is 0 Å². The van der Waals surface area contributed by atoms with Crippen LogP contribution in [0.2, 0.25) is 0 Å². The van der Waals surface area contributed by atoms with Crippen LogP contribution >= 0.6 is 0 Å². The van der Waals surface area contributed by atoms with Gasteiger partial charge in [0.2, 0.25) is 0 Å². The van der Waals surface area contributed by atoms with E-state index in [1.807, 2.05) is 0 Å². The van der Waals surface area contributed by atoms with Crippen molar-refractivity contribution < 1.29 is 4.79 Å². The molecule has 3 saturated carbocycles. The summed E-state index contributed by atoms with van der Waals surface area (Å²) in [4.78, 5) is 10.0. The van der Waals surface area contributed by atoms with Crippen molar-refractivity contribution in [1.29, 1.82) is 0 Å². The highest BCUT2D eigenvalue weighted by Crippen LogP contribution is 2.65. The van der Waals surface area contributed by atoms with Crippen LogP contribution in [0.5, 0.6) is 0 Å². The first-order valence-corrected chi connectivity index (χ1v) is 3.28. The first-order chi connectivity index (χ1) is 3.85. The molecule has 1 heteroatoms. The molecule has 0 amide bonds. The van der Waals surface area contributed by atoms with Crippen LogP contribution in [0.3, 0.4) is 0 Å². The third kappa shape index (κ3) is 0.355. The Hall–Kier alpha value is -0.330. The second-order valence-electron chi connectivity index (χ2n) is 3.35. The van der Waals surface area contributed by atoms with Gasteiger partial charge in [0.15, 0.2) is 0 Å². The van der Waals surface area contributed by atoms with Crippen molar-refractivity contribution in [2.45, 2.75) is 25.7 Å². The Bertz CT molecular complexity index is 111. The van der Waals surface area contributed by atoms with Gasteiger partial charge in [-0.25, -0.2) is 0 Å². The largest absolute Gasteiger partial charge is 0.303 e. The average molecular weight is 110 g/mol. The van der Waals surface area contributed by atoms with Gasteiger partial charge < -0.3 is 4.79 Å². The van der Waals surface area contributed by atoms with Gasteiger partial charge in [-0.05, 0) is 30.6 Å². The van der Waals surface area contributed by atoms with Crippen molar-refractivity contribution in [3.05, 3.63) is 0 Å². The molecule has 3 aliphatic rings. The van der Waals surface area contributed by atoms with Gasteiger partial charge >= 0.3 is 0 Å². The third-order valence-corrected chi connectivity index (χ3v) is 2.68. The summed E-state index contributed by atoms with van der Waals surface area (Å²) in [7, 11) is 0. The topological polar surface area (TPSA) is 17.1 Å². The number of carbonyl (C=O) groups is 1. The first kappa shape index (κ1) is 4.54. The standard InChI is InChI=1S/C7H10O/c8-2-1-7-3-6(4-7)5-7/h2,6H,1,3-5H2. The first-order valence-electron chi connectivity index (χ1n) is 3.28. The summed E-state index contributed by atoms with van der Waals surface area (Å²) in [5, 5.41) is 0. The molecular formula is C7H10O. The van der Waals surface area contributed by atoms with Crippen molar-refractivity contribution in [3.8, 4) is 0 Å². The molecule has 0 aromatic rings. The van der Waals surface area contributed by atoms with E-state index in [2.05, 4.69) is 0 Å². The maximum atomic E-state index is 10.0. The Balaban J connectivity index is 1.95. The van der Waals surface area contributed by atoms with Crippen LogP contribution in [0, 0.1) is 11.3 Å². The molecule has 0 aromatic heterocycles. The van der Waals surface area contributed by atoms with Crippen molar-refractivity contribution >= 4 is 6.29 Å². The van der Waals surface area contributed by atoms with E-state index < -0.39 is 0 Å². The molecule has 0 radical (unpaired) electrons. The molecule has 3 aliphatic carbocycles. The summed E-state index contributed by atoms with van der Waals surface area (Å²) in [6, 6.07) is 0. The SMILES string of the molecule is O=CCC12CC(C1)C2. The molecule has 2 bridgehead atoms. The van der Waals surface area contributed by atoms with E-state index in [4.69, 9.17) is 0 Å². The zero-order valence-electron chi connectivity index (χ0n) is 4.89. The molecule has 8 heavy (non-hydrogen) atoms. The molecule has 44 valence electrons. The second kappa shape index (κ2) is 1.15. The minimum Gasteiger partial charge on any atom is -0.303 e. The Morgan fingerprint density at radius 1 is 1.50 bits per heavy atom. The summed E-state index contributed by atoms with van der Waals surface area (Å²) in [6.45, 7) is 0. The maximum Gasteiger partial charge on any atom is 0.120 e. The smallest absolute Gasteiger partial charge is 0.120 e. The van der Waals surface area contributed by atoms with Gasteiger partial charge in [-0.3, -0.25) is 0 Å². The lowest BCUT2D eigenvalue weighted by molar-refractivity contribution is -0.132. The van der Waals surface area contributed by atoms with Crippen LogP contribution in [0.1, 0.15) is 25.7 Å². The Morgan fingerprint density at radius 2 is 2.12 bits per heavy atom. The number of rotatable bonds is 2. The highest BCUT2D eigenvalue weighted by molar-refractivity contribution is 5.52. The number of hydrogen-bond donors (Lipinski definition) is 0. The predicted molar refractivity (Wildman–Crippen MR) is 30.5 cm³/mol. The second-order valence-corrected chi connectivity index (χ2v) is 3.35. The van der Waals surface area contributed by atoms with E-state index in [0.29, 0.717) is 5.41 Å². The summed E-state index contributed by atoms with van der Waals surface area (Å²) >= 11 is 0. The summed E-state index contributed by atoms with van der Waals surface area (Å²) in [5.74, 6) is 1.02. The average Bonchev–Trinajstić information content (AvgIpc) is 1.50. The van der Waals surface area contributed by atoms with Crippen LogP contribution in [0.25, 0.3) is 0 Å². The van der Waals surface area contributed by atoms with Crippen molar-refractivity contribution in [2.24, 2.45) is 11.3 Å². The molecule has 0 unspecified atom stereocenters. The lowest BCUT2D eigenvalue weighted by Gasteiger charge is -2.61. The lowest BCUT2D eigenvalue weighted by Crippen LogP contribution is -2.51. The Labute approximate surface area is 49.1 Å².